The second-order valence-electron chi connectivity index (χ2n) is 31.5. The lowest BCUT2D eigenvalue weighted by molar-refractivity contribution is 0.00578. The van der Waals surface area contributed by atoms with Crippen molar-refractivity contribution in [2.45, 2.75) is 182 Å². The van der Waals surface area contributed by atoms with Gasteiger partial charge in [0.2, 0.25) is 23.6 Å². The largest absolute Gasteiger partial charge is 0.500 e. The fourth-order valence-corrected chi connectivity index (χ4v) is 20.6. The fraction of sp³-hybridized carbons (Fsp3) is 0.367. The van der Waals surface area contributed by atoms with E-state index in [9.17, 15) is 34.0 Å². The van der Waals surface area contributed by atoms with Crippen LogP contribution < -0.4 is 30.7 Å². The molecule has 0 radical (unpaired) electrons. The van der Waals surface area contributed by atoms with Crippen molar-refractivity contribution in [2.75, 3.05) is 54.8 Å². The minimum Gasteiger partial charge on any atom is -0.481 e. The second kappa shape index (κ2) is 42.5. The molecule has 660 valence electrons. The molecular formula is C90H106BBrCl3F2N13O11S3. The van der Waals surface area contributed by atoms with Crippen molar-refractivity contribution >= 4 is 131 Å². The number of nitrogens with two attached hydrogens (primary N) is 1. The van der Waals surface area contributed by atoms with E-state index in [0.717, 1.165) is 73.0 Å². The van der Waals surface area contributed by atoms with Crippen molar-refractivity contribution in [3.63, 3.8) is 0 Å². The van der Waals surface area contributed by atoms with Gasteiger partial charge in [-0.25, -0.2) is 70.1 Å². The number of pyridine rings is 3. The number of benzene rings is 6. The van der Waals surface area contributed by atoms with E-state index >= 15 is 0 Å². The molecule has 3 fully saturated rings. The Balaban J connectivity index is 0.000000187. The van der Waals surface area contributed by atoms with Crippen LogP contribution in [0.5, 0.6) is 17.6 Å². The van der Waals surface area contributed by atoms with Crippen LogP contribution in [0.3, 0.4) is 0 Å². The monoisotopic (exact) mass is 1870 g/mol. The number of hydrogen-bond donors (Lipinski definition) is 2. The zero-order valence-corrected chi connectivity index (χ0v) is 76.5. The van der Waals surface area contributed by atoms with Gasteiger partial charge in [-0.3, -0.25) is 0 Å². The van der Waals surface area contributed by atoms with E-state index in [1.165, 1.54) is 96.5 Å². The Morgan fingerprint density at radius 1 is 0.484 bits per heavy atom. The SMILES string of the molecule is C.C.CN(C)C1CCC(N)CC1.COc1nc(CS(=O)(=O)c2ccccc2Cl)ccc1-c1cc(C)c2nc(F)ncc2c1.COc1nc(CS(=O)(=O)c2ccccc2Cl)ccc1-c1cc(C)c2nc(NC3CCC(N(C)C)CC3)ncc2c1.COc1nc(CS(=O)(=O)c2ccccc2Cl)ccc1B1OC(C)(C)C(C)(C)O1.Cc1cc(Br)cc2cnc(F)nc12. The van der Waals surface area contributed by atoms with E-state index in [0.29, 0.717) is 74.5 Å². The number of ether oxygens (including phenoxy) is 3. The van der Waals surface area contributed by atoms with Crippen LogP contribution in [0, 0.1) is 32.9 Å². The van der Waals surface area contributed by atoms with Gasteiger partial charge < -0.3 is 44.4 Å². The smallest absolute Gasteiger partial charge is 0.481 e. The zero-order valence-electron chi connectivity index (χ0n) is 70.2. The molecular weight excluding hydrogens is 1770 g/mol. The lowest BCUT2D eigenvalue weighted by atomic mass is 9.79. The third-order valence-corrected chi connectivity index (χ3v) is 28.7. The summed E-state index contributed by atoms with van der Waals surface area (Å²) in [5, 5.41) is 6.49. The van der Waals surface area contributed by atoms with Crippen molar-refractivity contribution in [3.8, 4) is 39.9 Å². The van der Waals surface area contributed by atoms with Gasteiger partial charge in [-0.15, -0.1) is 0 Å². The summed E-state index contributed by atoms with van der Waals surface area (Å²) in [6, 6.07) is 43.1. The van der Waals surface area contributed by atoms with E-state index in [1.54, 1.807) is 78.9 Å². The first-order valence-corrected chi connectivity index (χ1v) is 46.2. The Kier molecular flexibility index (Phi) is 33.8. The molecule has 1 saturated heterocycles. The van der Waals surface area contributed by atoms with Crippen molar-refractivity contribution in [1.82, 2.24) is 54.7 Å². The molecule has 6 aromatic heterocycles. The van der Waals surface area contributed by atoms with Crippen molar-refractivity contribution in [2.24, 2.45) is 5.73 Å². The van der Waals surface area contributed by atoms with Crippen LogP contribution in [0.4, 0.5) is 14.7 Å². The molecule has 0 atom stereocenters. The molecule has 24 nitrogen and oxygen atoms in total. The number of fused-ring (bicyclic) bond motifs is 3. The van der Waals surface area contributed by atoms with E-state index < -0.39 is 60.0 Å². The summed E-state index contributed by atoms with van der Waals surface area (Å²) < 4.78 is 132. The van der Waals surface area contributed by atoms with Gasteiger partial charge in [0.05, 0.1) is 113 Å². The second-order valence-corrected chi connectivity index (χ2v) is 39.5. The molecule has 1 aliphatic heterocycles. The van der Waals surface area contributed by atoms with Crippen LogP contribution in [0.15, 0.2) is 183 Å². The molecule has 12 aromatic rings. The molecule has 15 rings (SSSR count). The third kappa shape index (κ3) is 24.6. The number of sulfone groups is 3. The summed E-state index contributed by atoms with van der Waals surface area (Å²) >= 11 is 21.6. The molecule has 0 bridgehead atoms. The Labute approximate surface area is 750 Å². The van der Waals surface area contributed by atoms with Gasteiger partial charge in [-0.2, -0.15) is 8.78 Å². The number of nitrogens with zero attached hydrogens (tertiary/aromatic N) is 11. The zero-order chi connectivity index (χ0) is 88.3. The Bertz CT molecular complexity index is 6130. The maximum Gasteiger partial charge on any atom is 0.500 e. The van der Waals surface area contributed by atoms with Gasteiger partial charge >= 0.3 is 19.3 Å². The lowest BCUT2D eigenvalue weighted by Crippen LogP contribution is -2.41. The number of methoxy groups -OCH3 is 3. The number of hydrogen-bond acceptors (Lipinski definition) is 24. The van der Waals surface area contributed by atoms with E-state index in [2.05, 4.69) is 99.1 Å². The van der Waals surface area contributed by atoms with E-state index in [4.69, 9.17) is 69.0 Å². The van der Waals surface area contributed by atoms with Crippen molar-refractivity contribution in [1.29, 1.82) is 0 Å². The van der Waals surface area contributed by atoms with Crippen LogP contribution in [-0.4, -0.2) is 172 Å². The van der Waals surface area contributed by atoms with Crippen molar-refractivity contribution < 1.29 is 57.6 Å². The third-order valence-electron chi connectivity index (χ3n) is 21.8. The minimum absolute atomic E-state index is 0. The van der Waals surface area contributed by atoms with E-state index in [-0.39, 0.29) is 73.6 Å². The van der Waals surface area contributed by atoms with Gasteiger partial charge in [0.25, 0.3) is 0 Å². The number of halogens is 6. The van der Waals surface area contributed by atoms with E-state index in [1.807, 2.05) is 97.1 Å². The van der Waals surface area contributed by atoms with Crippen LogP contribution in [0.2, 0.25) is 15.1 Å². The normalized spacial score (nSPS) is 16.7. The average Bonchev–Trinajstić information content (AvgIpc) is 1.50. The van der Waals surface area contributed by atoms with Crippen molar-refractivity contribution in [3.05, 3.63) is 230 Å². The average molecular weight is 1880 g/mol. The number of aromatic nitrogens is 9. The number of anilines is 1. The Morgan fingerprint density at radius 2 is 0.839 bits per heavy atom. The molecule has 7 heterocycles. The van der Waals surface area contributed by atoms with Crippen LogP contribution in [-0.2, 0) is 56.1 Å². The van der Waals surface area contributed by atoms with Gasteiger partial charge in [-0.05, 0) is 259 Å². The fourth-order valence-electron chi connectivity index (χ4n) is 14.5. The first kappa shape index (κ1) is 98.7. The Hall–Kier alpha value is -9.09. The summed E-state index contributed by atoms with van der Waals surface area (Å²) in [4.78, 5) is 42.2. The number of nitrogens with one attached hydrogen (secondary N) is 1. The maximum absolute atomic E-state index is 13.4. The molecule has 0 spiro atoms. The molecule has 2 saturated carbocycles. The molecule has 6 aromatic carbocycles. The van der Waals surface area contributed by atoms with Gasteiger partial charge in [-0.1, -0.05) is 108 Å². The predicted octanol–water partition coefficient (Wildman–Crippen LogP) is 18.6. The highest BCUT2D eigenvalue weighted by atomic mass is 79.9. The minimum atomic E-state index is -3.69. The van der Waals surface area contributed by atoms with Gasteiger partial charge in [0.1, 0.15) is 0 Å². The van der Waals surface area contributed by atoms with Gasteiger partial charge in [0.15, 0.2) is 29.5 Å². The topological polar surface area (TPSA) is 309 Å². The highest BCUT2D eigenvalue weighted by Gasteiger charge is 2.53. The van der Waals surface area contributed by atoms with Crippen LogP contribution in [0.25, 0.3) is 55.0 Å². The Morgan fingerprint density at radius 3 is 1.23 bits per heavy atom. The summed E-state index contributed by atoms with van der Waals surface area (Å²) in [5.41, 5.74) is 14.3. The summed E-state index contributed by atoms with van der Waals surface area (Å²) in [6.07, 6.45) is 12.8. The summed E-state index contributed by atoms with van der Waals surface area (Å²) in [6.45, 7) is 13.6. The molecule has 124 heavy (non-hydrogen) atoms. The molecule has 3 N–H and O–H groups in total. The first-order chi connectivity index (χ1) is 57.7. The van der Waals surface area contributed by atoms with Gasteiger partial charge in [0, 0.05) is 80.0 Å². The van der Waals surface area contributed by atoms with Crippen LogP contribution >= 0.6 is 50.7 Å². The molecule has 0 amide bonds. The molecule has 0 unspecified atom stereocenters. The quantitative estimate of drug-likeness (QED) is 0.0561. The molecule has 2 aliphatic carbocycles. The van der Waals surface area contributed by atoms with Crippen LogP contribution in [0.1, 0.15) is 128 Å². The highest BCUT2D eigenvalue weighted by Crippen LogP contribution is 2.40. The number of aryl methyl sites for hydroxylation is 3. The summed E-state index contributed by atoms with van der Waals surface area (Å²) in [7, 11) is 1.40. The summed E-state index contributed by atoms with van der Waals surface area (Å²) in [5.74, 6) is 0.635. The first-order valence-electron chi connectivity index (χ1n) is 39.3. The number of rotatable bonds is 19. The lowest BCUT2D eigenvalue weighted by Gasteiger charge is -2.32. The highest BCUT2D eigenvalue weighted by molar-refractivity contribution is 9.10. The standard InChI is InChI=1S/C30H34ClN5O3S.C22H17ClFN3O3S.C19H23BClNO5S.C9H6BrFN2.C8H18N2.2CH4/c1-19-15-20(16-21-17-32-30(35-28(19)21)34-22-9-12-24(13-10-22)36(2)3)25-14-11-23(33-29(25)39-4)18-40(37,38)27-8-6-5-7-26(27)31;1-13-9-14(10-15-11-25-22(24)27-20(13)15)17-8-7-16(26-21(17)30-2)12-31(28,29)19-6-4-3-5-18(19)23;1-18(2)19(3,4)27-20(26-18)14-11-10-13(22-17(14)25-5)12-28(23,24)16-9-7-6-8-15(16)21;1-5-2-7(10)3-6-4-12-9(11)13-8(5)6;1-10(2)8-5-3-7(9)4-6-8;;/h5-8,11,14-17,22,24H,9-10,12-13,18H2,1-4H3,(H,32,34,35);3-11H,12H2,1-2H3;6-11H,12H2,1-5H3;2-4H,1H3;7-8H,3-6,9H2,1-2H3;2*1H4. The maximum atomic E-state index is 13.4. The molecule has 34 heteroatoms. The predicted molar refractivity (Wildman–Crippen MR) is 494 cm³/mol. The molecule has 3 aliphatic rings.